The van der Waals surface area contributed by atoms with E-state index in [-0.39, 0.29) is 17.9 Å². The number of hydrogen-bond acceptors (Lipinski definition) is 3. The van der Waals surface area contributed by atoms with Gasteiger partial charge in [-0.2, -0.15) is 0 Å². The van der Waals surface area contributed by atoms with Gasteiger partial charge in [0.15, 0.2) is 11.6 Å². The van der Waals surface area contributed by atoms with Crippen LogP contribution in [0.25, 0.3) is 0 Å². The van der Waals surface area contributed by atoms with Gasteiger partial charge in [-0.1, -0.05) is 0 Å². The number of hydrogen-bond donors (Lipinski definition) is 1. The van der Waals surface area contributed by atoms with Gasteiger partial charge in [-0.25, -0.2) is 14.2 Å². The van der Waals surface area contributed by atoms with Crippen LogP contribution in [0.4, 0.5) is 15.0 Å². The summed E-state index contributed by atoms with van der Waals surface area (Å²) >= 11 is 0. The number of nitrogens with one attached hydrogen (secondary N) is 1. The zero-order chi connectivity index (χ0) is 16.7. The van der Waals surface area contributed by atoms with Crippen molar-refractivity contribution in [3.63, 3.8) is 0 Å². The number of rotatable bonds is 5. The summed E-state index contributed by atoms with van der Waals surface area (Å²) in [6.07, 6.45) is 7.18. The average Bonchev–Trinajstić information content (AvgIpc) is 3.47. The minimum Gasteiger partial charge on any atom is -0.352 e. The molecule has 2 heterocycles. The molecule has 3 fully saturated rings. The van der Waals surface area contributed by atoms with Crippen molar-refractivity contribution in [2.24, 2.45) is 5.92 Å². The number of aromatic nitrogens is 1. The molecule has 0 radical (unpaired) electrons. The quantitative estimate of drug-likeness (QED) is 0.902. The second-order valence-electron chi connectivity index (χ2n) is 7.41. The summed E-state index contributed by atoms with van der Waals surface area (Å²) in [7, 11) is 0. The van der Waals surface area contributed by atoms with Gasteiger partial charge in [-0.05, 0) is 57.1 Å². The van der Waals surface area contributed by atoms with E-state index < -0.39 is 0 Å². The molecule has 1 aliphatic heterocycles. The lowest BCUT2D eigenvalue weighted by molar-refractivity contribution is 0.164. The number of carbonyl (C=O) groups excluding carboxylic acids is 1. The molecule has 24 heavy (non-hydrogen) atoms. The highest BCUT2D eigenvalue weighted by Crippen LogP contribution is 2.39. The van der Waals surface area contributed by atoms with Gasteiger partial charge in [-0.3, -0.25) is 0 Å². The first kappa shape index (κ1) is 15.7. The van der Waals surface area contributed by atoms with E-state index in [9.17, 15) is 9.18 Å². The summed E-state index contributed by atoms with van der Waals surface area (Å²) < 4.78 is 13.9. The van der Waals surface area contributed by atoms with Crippen LogP contribution in [-0.2, 0) is 0 Å². The number of carbonyl (C=O) groups is 1. The number of urea groups is 1. The van der Waals surface area contributed by atoms with Gasteiger partial charge in [0.2, 0.25) is 0 Å². The lowest BCUT2D eigenvalue weighted by Crippen LogP contribution is -2.50. The summed E-state index contributed by atoms with van der Waals surface area (Å²) in [5.74, 6) is 0.769. The lowest BCUT2D eigenvalue weighted by Gasteiger charge is -2.31. The van der Waals surface area contributed by atoms with Crippen LogP contribution in [0.5, 0.6) is 0 Å². The van der Waals surface area contributed by atoms with Crippen LogP contribution in [-0.4, -0.2) is 47.1 Å². The van der Waals surface area contributed by atoms with Crippen molar-refractivity contribution in [1.29, 1.82) is 0 Å². The van der Waals surface area contributed by atoms with E-state index in [1.807, 2.05) is 4.90 Å². The topological polar surface area (TPSA) is 48.5 Å². The first-order chi connectivity index (χ1) is 11.6. The summed E-state index contributed by atoms with van der Waals surface area (Å²) in [5, 5.41) is 3.18. The molecule has 6 heteroatoms. The summed E-state index contributed by atoms with van der Waals surface area (Å²) in [5.41, 5.74) is 0. The van der Waals surface area contributed by atoms with Crippen LogP contribution in [0.15, 0.2) is 18.3 Å². The van der Waals surface area contributed by atoms with E-state index in [1.165, 1.54) is 18.9 Å². The molecular formula is C18H25FN4O. The SMILES string of the molecule is CC(C1CC1)N(C(=O)NC1CCN(c2ncccc2F)C1)C1CC1. The summed E-state index contributed by atoms with van der Waals surface area (Å²) in [6, 6.07) is 3.91. The van der Waals surface area contributed by atoms with Crippen molar-refractivity contribution >= 4 is 11.8 Å². The van der Waals surface area contributed by atoms with Crippen molar-refractivity contribution in [3.05, 3.63) is 24.1 Å². The number of anilines is 1. The summed E-state index contributed by atoms with van der Waals surface area (Å²) in [4.78, 5) is 20.9. The van der Waals surface area contributed by atoms with Crippen molar-refractivity contribution in [2.75, 3.05) is 18.0 Å². The molecule has 0 spiro atoms. The molecule has 2 saturated carbocycles. The van der Waals surface area contributed by atoms with Crippen molar-refractivity contribution in [1.82, 2.24) is 15.2 Å². The molecule has 3 aliphatic rings. The van der Waals surface area contributed by atoms with E-state index >= 15 is 0 Å². The predicted molar refractivity (Wildman–Crippen MR) is 90.4 cm³/mol. The molecule has 2 amide bonds. The molecule has 4 rings (SSSR count). The second kappa shape index (κ2) is 6.22. The Labute approximate surface area is 142 Å². The van der Waals surface area contributed by atoms with E-state index in [2.05, 4.69) is 22.1 Å². The standard InChI is InChI=1S/C18H25FN4O/c1-12(13-4-5-13)23(15-6-7-15)18(24)21-14-8-10-22(11-14)17-16(19)3-2-9-20-17/h2-3,9,12-15H,4-8,10-11H2,1H3,(H,21,24). The Hall–Kier alpha value is -1.85. The molecule has 1 aromatic heterocycles. The van der Waals surface area contributed by atoms with Gasteiger partial charge in [0.25, 0.3) is 0 Å². The van der Waals surface area contributed by atoms with Crippen LogP contribution in [0.1, 0.15) is 39.0 Å². The highest BCUT2D eigenvalue weighted by molar-refractivity contribution is 5.76. The number of amides is 2. The van der Waals surface area contributed by atoms with Gasteiger partial charge < -0.3 is 15.1 Å². The third-order valence-corrected chi connectivity index (χ3v) is 5.47. The second-order valence-corrected chi connectivity index (χ2v) is 7.41. The van der Waals surface area contributed by atoms with Gasteiger partial charge in [0, 0.05) is 37.4 Å². The summed E-state index contributed by atoms with van der Waals surface area (Å²) in [6.45, 7) is 3.52. The van der Waals surface area contributed by atoms with Crippen LogP contribution >= 0.6 is 0 Å². The average molecular weight is 332 g/mol. The van der Waals surface area contributed by atoms with Crippen molar-refractivity contribution < 1.29 is 9.18 Å². The fourth-order valence-corrected chi connectivity index (χ4v) is 3.77. The van der Waals surface area contributed by atoms with Crippen LogP contribution in [0.3, 0.4) is 0 Å². The molecule has 1 saturated heterocycles. The third-order valence-electron chi connectivity index (χ3n) is 5.47. The lowest BCUT2D eigenvalue weighted by atomic mass is 10.2. The fourth-order valence-electron chi connectivity index (χ4n) is 3.77. The fraction of sp³-hybridized carbons (Fsp3) is 0.667. The van der Waals surface area contributed by atoms with Gasteiger partial charge in [-0.15, -0.1) is 0 Å². The van der Waals surface area contributed by atoms with Gasteiger partial charge >= 0.3 is 6.03 Å². The largest absolute Gasteiger partial charge is 0.352 e. The Bertz CT molecular complexity index is 617. The molecular weight excluding hydrogens is 307 g/mol. The van der Waals surface area contributed by atoms with Gasteiger partial charge in [0.05, 0.1) is 0 Å². The van der Waals surface area contributed by atoms with Crippen LogP contribution in [0.2, 0.25) is 0 Å². The molecule has 1 N–H and O–H groups in total. The smallest absolute Gasteiger partial charge is 0.318 e. The highest BCUT2D eigenvalue weighted by atomic mass is 19.1. The normalized spacial score (nSPS) is 24.8. The first-order valence-electron chi connectivity index (χ1n) is 9.08. The Balaban J connectivity index is 1.37. The van der Waals surface area contributed by atoms with Crippen molar-refractivity contribution in [2.45, 2.75) is 57.2 Å². The maximum Gasteiger partial charge on any atom is 0.318 e. The third kappa shape index (κ3) is 3.19. The minimum atomic E-state index is -0.300. The van der Waals surface area contributed by atoms with E-state index in [1.54, 1.807) is 12.3 Å². The van der Waals surface area contributed by atoms with E-state index in [4.69, 9.17) is 0 Å². The molecule has 0 aromatic carbocycles. The van der Waals surface area contributed by atoms with Crippen LogP contribution in [0, 0.1) is 11.7 Å². The molecule has 2 aliphatic carbocycles. The molecule has 5 nitrogen and oxygen atoms in total. The molecule has 1 aromatic rings. The van der Waals surface area contributed by atoms with Crippen LogP contribution < -0.4 is 10.2 Å². The zero-order valence-electron chi connectivity index (χ0n) is 14.1. The number of nitrogens with zero attached hydrogens (tertiary/aromatic N) is 3. The highest BCUT2D eigenvalue weighted by Gasteiger charge is 2.42. The monoisotopic (exact) mass is 332 g/mol. The molecule has 0 bridgehead atoms. The van der Waals surface area contributed by atoms with Crippen molar-refractivity contribution in [3.8, 4) is 0 Å². The number of pyridine rings is 1. The maximum atomic E-state index is 13.9. The van der Waals surface area contributed by atoms with E-state index in [0.29, 0.717) is 30.4 Å². The number of halogens is 1. The Kier molecular flexibility index (Phi) is 4.06. The molecule has 130 valence electrons. The predicted octanol–water partition coefficient (Wildman–Crippen LogP) is 2.77. The minimum absolute atomic E-state index is 0.0604. The zero-order valence-corrected chi connectivity index (χ0v) is 14.1. The van der Waals surface area contributed by atoms with Gasteiger partial charge in [0.1, 0.15) is 0 Å². The Morgan fingerprint density at radius 2 is 2.17 bits per heavy atom. The molecule has 2 unspecified atom stereocenters. The molecule has 2 atom stereocenters. The Morgan fingerprint density at radius 3 is 2.83 bits per heavy atom. The Morgan fingerprint density at radius 1 is 1.38 bits per heavy atom. The first-order valence-corrected chi connectivity index (χ1v) is 9.08. The maximum absolute atomic E-state index is 13.9. The van der Waals surface area contributed by atoms with E-state index in [0.717, 1.165) is 25.8 Å².